The first kappa shape index (κ1) is 14.1. The predicted octanol–water partition coefficient (Wildman–Crippen LogP) is 0.110. The number of nitrogens with zero attached hydrogens (tertiary/aromatic N) is 5. The summed E-state index contributed by atoms with van der Waals surface area (Å²) in [6.07, 6.45) is 6.32. The molecule has 0 spiro atoms. The molecule has 1 rings (SSSR count). The monoisotopic (exact) mass is 272 g/mol. The van der Waals surface area contributed by atoms with Gasteiger partial charge in [-0.3, -0.25) is 14.9 Å². The fraction of sp³-hybridized carbons (Fsp3) is 0.250. The van der Waals surface area contributed by atoms with E-state index in [0.717, 1.165) is 0 Å². The Labute approximate surface area is 104 Å². The van der Waals surface area contributed by atoms with Crippen molar-refractivity contribution in [2.45, 2.75) is 0 Å². The molecule has 0 unspecified atom stereocenters. The summed E-state index contributed by atoms with van der Waals surface area (Å²) in [6, 6.07) is 0. The summed E-state index contributed by atoms with van der Waals surface area (Å²) in [6.45, 7) is 0. The molecule has 0 aliphatic rings. The van der Waals surface area contributed by atoms with Crippen LogP contribution >= 0.6 is 0 Å². The van der Waals surface area contributed by atoms with E-state index in [0.29, 0.717) is 10.8 Å². The minimum Gasteiger partial charge on any atom is -0.515 e. The van der Waals surface area contributed by atoms with Gasteiger partial charge in [0, 0.05) is 18.6 Å². The van der Waals surface area contributed by atoms with Crippen LogP contribution in [-0.4, -0.2) is 40.3 Å². The molecule has 5 nitrogen and oxygen atoms in total. The van der Waals surface area contributed by atoms with Gasteiger partial charge >= 0.3 is 17.1 Å². The Morgan fingerprint density at radius 3 is 2.80 bits per heavy atom. The van der Waals surface area contributed by atoms with Crippen LogP contribution in [0.4, 0.5) is 0 Å². The van der Waals surface area contributed by atoms with Crippen molar-refractivity contribution in [1.82, 2.24) is 14.9 Å². The molecule has 0 aliphatic carbocycles. The van der Waals surface area contributed by atoms with Crippen molar-refractivity contribution >= 4 is 23.5 Å². The fourth-order valence-electron chi connectivity index (χ4n) is 0.606. The number of aromatic nitrogens is 2. The van der Waals surface area contributed by atoms with Crippen LogP contribution in [0.15, 0.2) is 23.7 Å². The molecule has 0 fully saturated rings. The van der Waals surface area contributed by atoms with Gasteiger partial charge in [-0.25, -0.2) is 0 Å². The molecule has 1 radical (unpaired) electrons. The average molecular weight is 273 g/mol. The van der Waals surface area contributed by atoms with Crippen molar-refractivity contribution in [3.8, 4) is 0 Å². The summed E-state index contributed by atoms with van der Waals surface area (Å²) in [4.78, 5) is 9.63. The van der Waals surface area contributed by atoms with Crippen LogP contribution in [0, 0.1) is 0 Å². The Kier molecular flexibility index (Phi) is 6.98. The molecule has 7 heteroatoms. The van der Waals surface area contributed by atoms with Gasteiger partial charge in [-0.2, -0.15) is 0 Å². The van der Waals surface area contributed by atoms with E-state index in [4.69, 9.17) is 0 Å². The van der Waals surface area contributed by atoms with Crippen molar-refractivity contribution in [3.63, 3.8) is 0 Å². The van der Waals surface area contributed by atoms with E-state index in [1.54, 1.807) is 23.5 Å². The molecule has 83 valence electrons. The summed E-state index contributed by atoms with van der Waals surface area (Å²) < 4.78 is 0. The maximum atomic E-state index is 4.10. The van der Waals surface area contributed by atoms with Crippen molar-refractivity contribution in [2.75, 3.05) is 14.1 Å². The van der Waals surface area contributed by atoms with Crippen LogP contribution in [0.5, 0.6) is 0 Å². The molecule has 1 heterocycles. The van der Waals surface area contributed by atoms with Crippen LogP contribution < -0.4 is 0 Å². The Morgan fingerprint density at radius 2 is 2.27 bits per heavy atom. The van der Waals surface area contributed by atoms with E-state index in [1.807, 2.05) is 14.1 Å². The first-order chi connectivity index (χ1) is 6.70. The molecule has 0 saturated carbocycles. The largest absolute Gasteiger partial charge is 2.00 e. The summed E-state index contributed by atoms with van der Waals surface area (Å²) in [5.74, 6) is 0. The fourth-order valence-corrected chi connectivity index (χ4v) is 0.658. The van der Waals surface area contributed by atoms with Crippen LogP contribution in [-0.2, 0) is 29.3 Å². The third-order valence-corrected chi connectivity index (χ3v) is 1.81. The van der Waals surface area contributed by atoms with Gasteiger partial charge in [-0.05, 0) is 14.1 Å². The van der Waals surface area contributed by atoms with E-state index in [9.17, 15) is 0 Å². The van der Waals surface area contributed by atoms with Crippen LogP contribution in [0.3, 0.4) is 0 Å². The average Bonchev–Trinajstić information content (AvgIpc) is 2.19. The van der Waals surface area contributed by atoms with E-state index in [1.165, 1.54) is 6.21 Å². The smallest absolute Gasteiger partial charge is 0.515 e. The summed E-state index contributed by atoms with van der Waals surface area (Å²) in [5.41, 5.74) is 4.49. The second-order valence-electron chi connectivity index (χ2n) is 2.67. The Morgan fingerprint density at radius 1 is 1.53 bits per heavy atom. The van der Waals surface area contributed by atoms with E-state index in [2.05, 4.69) is 32.7 Å². The van der Waals surface area contributed by atoms with Gasteiger partial charge in [-0.1, -0.05) is 0 Å². The predicted molar refractivity (Wildman–Crippen MR) is 60.4 cm³/mol. The molecule has 0 bridgehead atoms. The molecule has 1 aromatic heterocycles. The van der Waals surface area contributed by atoms with Gasteiger partial charge in [0.1, 0.15) is 0 Å². The number of hydrogen-bond acceptors (Lipinski definition) is 3. The van der Waals surface area contributed by atoms with Crippen LogP contribution in [0.25, 0.3) is 5.43 Å². The van der Waals surface area contributed by atoms with Crippen molar-refractivity contribution in [1.29, 1.82) is 0 Å². The standard InChI is InChI=1S/C8H11N5S.Cu/c1-13(2)8(14)12-11-6-7-5-9-3-4-10-7;/h3-6H,1-2H3,(H,10,12,14);/q;+2. The topological polar surface area (TPSA) is 55.5 Å². The van der Waals surface area contributed by atoms with Crippen molar-refractivity contribution < 1.29 is 17.1 Å². The minimum absolute atomic E-state index is 0. The Balaban J connectivity index is 0.00000196. The molecule has 0 aliphatic heterocycles. The zero-order valence-corrected chi connectivity index (χ0v) is 10.1. The third-order valence-electron chi connectivity index (χ3n) is 1.32. The van der Waals surface area contributed by atoms with Gasteiger partial charge < -0.3 is 10.5 Å². The number of rotatable bonds is 2. The number of hydrogen-bond donors (Lipinski definition) is 0. The Hall–Kier alpha value is -0.881. The molecule has 0 aromatic carbocycles. The van der Waals surface area contributed by atoms with E-state index in [-0.39, 0.29) is 17.1 Å². The zero-order valence-electron chi connectivity index (χ0n) is 8.29. The second kappa shape index (κ2) is 7.42. The van der Waals surface area contributed by atoms with Crippen LogP contribution in [0.1, 0.15) is 5.69 Å². The van der Waals surface area contributed by atoms with E-state index >= 15 is 0 Å². The van der Waals surface area contributed by atoms with Gasteiger partial charge in [0.05, 0.1) is 11.9 Å². The quantitative estimate of drug-likeness (QED) is 0.192. The molecule has 0 amide bonds. The zero-order chi connectivity index (χ0) is 10.4. The molecular weight excluding hydrogens is 262 g/mol. The molecular formula is C8H11CuN5S+2. The summed E-state index contributed by atoms with van der Waals surface area (Å²) in [5, 5.41) is 4.34. The maximum Gasteiger partial charge on any atom is 2.00 e. The molecule has 1 aromatic rings. The third kappa shape index (κ3) is 5.53. The molecule has 0 N–H and O–H groups in total. The van der Waals surface area contributed by atoms with E-state index < -0.39 is 0 Å². The summed E-state index contributed by atoms with van der Waals surface area (Å²) >= 11 is 4.10. The SMILES string of the molecule is CN(C)C(=[SH+])[N-]N=Cc1cnccn1.[Cu+2]. The van der Waals surface area contributed by atoms with Gasteiger partial charge in [0.2, 0.25) is 0 Å². The first-order valence-electron chi connectivity index (χ1n) is 3.93. The Bertz CT molecular complexity index is 327. The maximum absolute atomic E-state index is 4.10. The van der Waals surface area contributed by atoms with Crippen molar-refractivity contribution in [2.24, 2.45) is 5.10 Å². The first-order valence-corrected chi connectivity index (χ1v) is 4.38. The van der Waals surface area contributed by atoms with Gasteiger partial charge in [0.15, 0.2) is 17.3 Å². The normalized spacial score (nSPS) is 10.1. The van der Waals surface area contributed by atoms with Gasteiger partial charge in [0.25, 0.3) is 0 Å². The molecule has 0 saturated heterocycles. The molecule has 0 atom stereocenters. The minimum atomic E-state index is 0. The second-order valence-corrected chi connectivity index (χ2v) is 3.07. The number of thiol groups is 1. The molecule has 15 heavy (non-hydrogen) atoms. The van der Waals surface area contributed by atoms with Crippen LogP contribution in [0.2, 0.25) is 0 Å². The van der Waals surface area contributed by atoms with Gasteiger partial charge in [-0.15, -0.1) is 0 Å². The van der Waals surface area contributed by atoms with Crippen molar-refractivity contribution in [3.05, 3.63) is 29.7 Å². The summed E-state index contributed by atoms with van der Waals surface area (Å²) in [7, 11) is 3.67.